The molecule has 0 bridgehead atoms. The zero-order valence-electron chi connectivity index (χ0n) is 10.7. The number of rotatable bonds is 4. The molecule has 0 spiro atoms. The second kappa shape index (κ2) is 6.88. The van der Waals surface area contributed by atoms with E-state index in [-0.39, 0.29) is 41.7 Å². The second-order valence-corrected chi connectivity index (χ2v) is 26.3. The van der Waals surface area contributed by atoms with Crippen molar-refractivity contribution >= 4 is 37.8 Å². The molecular formula is C12H19Cl2O3SiZr. The number of allylic oxidation sites excluding steroid dienone is 1. The number of aliphatic hydroxyl groups excluding tert-OH is 1. The Hall–Kier alpha value is 0.360. The average Bonchev–Trinajstić information content (AvgIpc) is 2.71. The first kappa shape index (κ1) is 19.4. The number of aliphatic hydroxyl groups is 1. The predicted octanol–water partition coefficient (Wildman–Crippen LogP) is 2.15. The molecule has 1 atom stereocenters. The Labute approximate surface area is 128 Å². The van der Waals surface area contributed by atoms with Gasteiger partial charge in [0.1, 0.15) is 0 Å². The molecule has 1 aliphatic rings. The third kappa shape index (κ3) is 4.16. The first-order valence-corrected chi connectivity index (χ1v) is 17.5. The van der Waals surface area contributed by atoms with E-state index >= 15 is 0 Å². The number of fused-ring (bicyclic) bond motifs is 1. The van der Waals surface area contributed by atoms with Gasteiger partial charge in [-0.3, -0.25) is 0 Å². The summed E-state index contributed by atoms with van der Waals surface area (Å²) in [7, 11) is 0. The van der Waals surface area contributed by atoms with Crippen LogP contribution in [0.15, 0.2) is 30.3 Å². The van der Waals surface area contributed by atoms with Gasteiger partial charge in [0.25, 0.3) is 0 Å². The SMILES string of the molecule is Cl.Cl.[CH3][Zr](=[O])(=[SiH2])([O]CCO)[CH]1C=Cc2ccccc21. The molecule has 2 rings (SSSR count). The van der Waals surface area contributed by atoms with E-state index < -0.39 is 17.8 Å². The van der Waals surface area contributed by atoms with Gasteiger partial charge < -0.3 is 0 Å². The van der Waals surface area contributed by atoms with E-state index in [1.165, 1.54) is 6.88 Å². The standard InChI is InChI=1S/C9H7.C2H5O2.CH3.2ClH.O.H2Si.Zr/c1-2-5-9-7-3-6-8(9)4-1;3-1-2-4;;;;;;/h1-7H;3H,1-2H2;1H3;2*1H;;1H2;/q;-1;;;;;;+1. The molecule has 19 heavy (non-hydrogen) atoms. The van der Waals surface area contributed by atoms with Crippen molar-refractivity contribution in [2.75, 3.05) is 13.2 Å². The van der Waals surface area contributed by atoms with Crippen molar-refractivity contribution in [1.82, 2.24) is 0 Å². The Morgan fingerprint density at radius 2 is 2.00 bits per heavy atom. The van der Waals surface area contributed by atoms with Gasteiger partial charge in [-0.25, -0.2) is 0 Å². The van der Waals surface area contributed by atoms with E-state index in [9.17, 15) is 2.81 Å². The van der Waals surface area contributed by atoms with Crippen LogP contribution < -0.4 is 0 Å². The predicted molar refractivity (Wildman–Crippen MR) is 80.8 cm³/mol. The van der Waals surface area contributed by atoms with Crippen molar-refractivity contribution < 1.29 is 28.6 Å². The molecule has 0 aliphatic heterocycles. The van der Waals surface area contributed by atoms with Crippen LogP contribution >= 0.6 is 24.8 Å². The summed E-state index contributed by atoms with van der Waals surface area (Å²) >= 11 is -4.43. The molecule has 0 heterocycles. The Kier molecular flexibility index (Phi) is 7.01. The number of hydrogen-bond acceptors (Lipinski definition) is 3. The zero-order chi connectivity index (χ0) is 12.5. The molecule has 0 amide bonds. The summed E-state index contributed by atoms with van der Waals surface area (Å²) in [5.41, 5.74) is 2.21. The zero-order valence-corrected chi connectivity index (χ0v) is 16.2. The molecule has 3 nitrogen and oxygen atoms in total. The van der Waals surface area contributed by atoms with Crippen LogP contribution in [0.25, 0.3) is 6.08 Å². The summed E-state index contributed by atoms with van der Waals surface area (Å²) in [6.07, 6.45) is 3.98. The summed E-state index contributed by atoms with van der Waals surface area (Å²) in [5, 5.41) is 8.84. The van der Waals surface area contributed by atoms with Gasteiger partial charge in [-0.2, -0.15) is 0 Å². The molecule has 1 N–H and O–H groups in total. The summed E-state index contributed by atoms with van der Waals surface area (Å²) in [4.78, 5) is 0. The summed E-state index contributed by atoms with van der Waals surface area (Å²) < 4.78 is 20.3. The summed E-state index contributed by atoms with van der Waals surface area (Å²) in [6.45, 7) is 1.57. The van der Waals surface area contributed by atoms with Gasteiger partial charge in [-0.05, 0) is 0 Å². The van der Waals surface area contributed by atoms with Crippen LogP contribution in [0.2, 0.25) is 4.63 Å². The molecule has 1 aromatic rings. The van der Waals surface area contributed by atoms with E-state index in [0.717, 1.165) is 11.1 Å². The van der Waals surface area contributed by atoms with Gasteiger partial charge in [0.15, 0.2) is 0 Å². The maximum atomic E-state index is 13.0. The van der Waals surface area contributed by atoms with Crippen LogP contribution in [-0.4, -0.2) is 25.2 Å². The van der Waals surface area contributed by atoms with Crippen LogP contribution in [0.1, 0.15) is 14.8 Å². The first-order chi connectivity index (χ1) is 7.92. The van der Waals surface area contributed by atoms with E-state index in [4.69, 9.17) is 7.92 Å². The topological polar surface area (TPSA) is 46.5 Å². The Morgan fingerprint density at radius 1 is 1.37 bits per heavy atom. The normalized spacial score (nSPS) is 17.3. The molecular weight excluding hydrogens is 382 g/mol. The van der Waals surface area contributed by atoms with Gasteiger partial charge >= 0.3 is 104 Å². The molecule has 0 aromatic heterocycles. The van der Waals surface area contributed by atoms with Crippen LogP contribution in [-0.2, 0) is 23.5 Å². The minimum absolute atomic E-state index is 0. The molecule has 7 heteroatoms. The van der Waals surface area contributed by atoms with Crippen molar-refractivity contribution in [2.24, 2.45) is 0 Å². The molecule has 1 aromatic carbocycles. The van der Waals surface area contributed by atoms with E-state index in [1.807, 2.05) is 36.4 Å². The fourth-order valence-corrected chi connectivity index (χ4v) is 11.3. The number of halogens is 2. The van der Waals surface area contributed by atoms with Crippen molar-refractivity contribution in [3.8, 4) is 0 Å². The van der Waals surface area contributed by atoms with Crippen molar-refractivity contribution in [1.29, 1.82) is 0 Å². The van der Waals surface area contributed by atoms with Gasteiger partial charge in [0, 0.05) is 0 Å². The van der Waals surface area contributed by atoms with Crippen LogP contribution in [0, 0.1) is 0 Å². The van der Waals surface area contributed by atoms with Gasteiger partial charge in [-0.1, -0.05) is 0 Å². The van der Waals surface area contributed by atoms with Crippen LogP contribution in [0.3, 0.4) is 0 Å². The number of hydrogen-bond donors (Lipinski definition) is 1. The van der Waals surface area contributed by atoms with Gasteiger partial charge in [-0.15, -0.1) is 24.8 Å². The molecule has 107 valence electrons. The maximum absolute atomic E-state index is 13.0. The summed E-state index contributed by atoms with van der Waals surface area (Å²) in [6, 6.07) is 7.96. The minimum atomic E-state index is -4.43. The van der Waals surface area contributed by atoms with Gasteiger partial charge in [0.2, 0.25) is 0 Å². The summed E-state index contributed by atoms with van der Waals surface area (Å²) in [5.74, 6) is 0. The number of benzene rings is 1. The third-order valence-electron chi connectivity index (χ3n) is 3.17. The van der Waals surface area contributed by atoms with E-state index in [0.29, 0.717) is 0 Å². The van der Waals surface area contributed by atoms with E-state index in [1.54, 1.807) is 4.63 Å². The Balaban J connectivity index is 0.00000162. The van der Waals surface area contributed by atoms with E-state index in [2.05, 4.69) is 0 Å². The van der Waals surface area contributed by atoms with Crippen LogP contribution in [0.5, 0.6) is 0 Å². The van der Waals surface area contributed by atoms with Crippen molar-refractivity contribution in [2.45, 2.75) is 8.26 Å². The fourth-order valence-electron chi connectivity index (χ4n) is 2.29. The molecule has 1 unspecified atom stereocenters. The molecule has 0 saturated heterocycles. The monoisotopic (exact) mass is 399 g/mol. The van der Waals surface area contributed by atoms with Gasteiger partial charge in [0.05, 0.1) is 0 Å². The molecule has 0 saturated carbocycles. The third-order valence-corrected chi connectivity index (χ3v) is 14.5. The quantitative estimate of drug-likeness (QED) is 0.787. The fraction of sp³-hybridized carbons (Fsp3) is 0.333. The van der Waals surface area contributed by atoms with Crippen molar-refractivity contribution in [3.05, 3.63) is 41.5 Å². The Morgan fingerprint density at radius 3 is 2.63 bits per heavy atom. The molecule has 1 aliphatic carbocycles. The second-order valence-electron chi connectivity index (χ2n) is 4.90. The average molecular weight is 401 g/mol. The van der Waals surface area contributed by atoms with Crippen LogP contribution in [0.4, 0.5) is 0 Å². The van der Waals surface area contributed by atoms with Crippen molar-refractivity contribution in [3.63, 3.8) is 0 Å². The Bertz CT molecular complexity index is 595. The molecule has 0 radical (unpaired) electrons. The molecule has 0 fully saturated rings. The first-order valence-electron chi connectivity index (χ1n) is 5.73.